The molecule has 106 valence electrons. The van der Waals surface area contributed by atoms with Crippen molar-refractivity contribution < 1.29 is 9.13 Å². The molecule has 2 nitrogen and oxygen atoms in total. The van der Waals surface area contributed by atoms with Gasteiger partial charge in [0.15, 0.2) is 0 Å². The first-order valence-corrected chi connectivity index (χ1v) is 7.81. The van der Waals surface area contributed by atoms with Crippen LogP contribution in [0.25, 0.3) is 0 Å². The fourth-order valence-corrected chi connectivity index (χ4v) is 2.28. The van der Waals surface area contributed by atoms with E-state index >= 15 is 0 Å². The van der Waals surface area contributed by atoms with E-state index in [-0.39, 0.29) is 5.82 Å². The van der Waals surface area contributed by atoms with Crippen LogP contribution in [-0.2, 0) is 6.54 Å². The Kier molecular flexibility index (Phi) is 5.57. The number of hydrogen-bond donors (Lipinski definition) is 1. The first-order valence-electron chi connectivity index (χ1n) is 6.22. The Morgan fingerprint density at radius 1 is 1.15 bits per heavy atom. The number of nitrogens with one attached hydrogen (secondary N) is 1. The summed E-state index contributed by atoms with van der Waals surface area (Å²) in [5.41, 5.74) is 1.03. The summed E-state index contributed by atoms with van der Waals surface area (Å²) in [6.07, 6.45) is 0. The molecule has 0 unspecified atom stereocenters. The van der Waals surface area contributed by atoms with Crippen molar-refractivity contribution in [1.82, 2.24) is 5.32 Å². The van der Waals surface area contributed by atoms with Crippen molar-refractivity contribution in [2.75, 3.05) is 6.54 Å². The van der Waals surface area contributed by atoms with Crippen LogP contribution in [0.1, 0.15) is 12.5 Å². The van der Waals surface area contributed by atoms with Crippen LogP contribution in [0, 0.1) is 5.82 Å². The molecule has 0 saturated heterocycles. The summed E-state index contributed by atoms with van der Waals surface area (Å²) in [5, 5.41) is 3.25. The first kappa shape index (κ1) is 15.5. The zero-order chi connectivity index (χ0) is 14.5. The van der Waals surface area contributed by atoms with Crippen LogP contribution < -0.4 is 10.1 Å². The quantitative estimate of drug-likeness (QED) is 0.737. The van der Waals surface area contributed by atoms with E-state index in [2.05, 4.69) is 37.2 Å². The molecule has 0 aliphatic heterocycles. The van der Waals surface area contributed by atoms with Crippen molar-refractivity contribution in [2.24, 2.45) is 0 Å². The zero-order valence-electron chi connectivity index (χ0n) is 10.9. The third-order valence-electron chi connectivity index (χ3n) is 2.71. The maximum atomic E-state index is 13.5. The molecule has 1 N–H and O–H groups in total. The number of halogens is 3. The van der Waals surface area contributed by atoms with Gasteiger partial charge in [-0.3, -0.25) is 0 Å². The van der Waals surface area contributed by atoms with Crippen molar-refractivity contribution >= 4 is 31.9 Å². The minimum atomic E-state index is -0.342. The lowest BCUT2D eigenvalue weighted by atomic mass is 10.2. The van der Waals surface area contributed by atoms with E-state index in [1.165, 1.54) is 6.07 Å². The molecule has 0 bridgehead atoms. The maximum Gasteiger partial charge on any atom is 0.141 e. The molecule has 0 fully saturated rings. The highest BCUT2D eigenvalue weighted by Crippen LogP contribution is 2.30. The number of hydrogen-bond acceptors (Lipinski definition) is 2. The highest BCUT2D eigenvalue weighted by Gasteiger charge is 2.08. The average molecular weight is 403 g/mol. The van der Waals surface area contributed by atoms with Crippen LogP contribution in [0.2, 0.25) is 0 Å². The molecule has 0 aliphatic carbocycles. The van der Waals surface area contributed by atoms with Gasteiger partial charge in [0.2, 0.25) is 0 Å². The molecule has 0 aliphatic rings. The van der Waals surface area contributed by atoms with Gasteiger partial charge in [-0.2, -0.15) is 0 Å². The maximum absolute atomic E-state index is 13.5. The monoisotopic (exact) mass is 401 g/mol. The SMILES string of the molecule is CCNCc1ccc(Br)cc1Oc1ccc(Br)c(F)c1. The predicted molar refractivity (Wildman–Crippen MR) is 85.7 cm³/mol. The van der Waals surface area contributed by atoms with Gasteiger partial charge in [0.1, 0.15) is 17.3 Å². The van der Waals surface area contributed by atoms with E-state index < -0.39 is 0 Å². The summed E-state index contributed by atoms with van der Waals surface area (Å²) in [7, 11) is 0. The van der Waals surface area contributed by atoms with Gasteiger partial charge >= 0.3 is 0 Å². The summed E-state index contributed by atoms with van der Waals surface area (Å²) < 4.78 is 20.7. The Morgan fingerprint density at radius 2 is 1.95 bits per heavy atom. The highest BCUT2D eigenvalue weighted by atomic mass is 79.9. The fourth-order valence-electron chi connectivity index (χ4n) is 1.70. The van der Waals surface area contributed by atoms with E-state index in [1.807, 2.05) is 25.1 Å². The van der Waals surface area contributed by atoms with Crippen molar-refractivity contribution in [2.45, 2.75) is 13.5 Å². The molecular formula is C15H14Br2FNO. The van der Waals surface area contributed by atoms with Gasteiger partial charge in [-0.05, 0) is 46.7 Å². The van der Waals surface area contributed by atoms with Crippen molar-refractivity contribution in [1.29, 1.82) is 0 Å². The van der Waals surface area contributed by atoms with Crippen molar-refractivity contribution in [3.63, 3.8) is 0 Å². The number of rotatable bonds is 5. The molecule has 0 aromatic heterocycles. The molecule has 0 spiro atoms. The molecule has 0 amide bonds. The predicted octanol–water partition coefficient (Wildman–Crippen LogP) is 5.25. The van der Waals surface area contributed by atoms with Crippen LogP contribution >= 0.6 is 31.9 Å². The smallest absolute Gasteiger partial charge is 0.141 e. The fraction of sp³-hybridized carbons (Fsp3) is 0.200. The highest BCUT2D eigenvalue weighted by molar-refractivity contribution is 9.10. The third-order valence-corrected chi connectivity index (χ3v) is 3.85. The lowest BCUT2D eigenvalue weighted by Gasteiger charge is -2.12. The molecule has 0 saturated carbocycles. The standard InChI is InChI=1S/C15H14Br2FNO/c1-2-19-9-10-3-4-11(16)7-15(10)20-12-5-6-13(17)14(18)8-12/h3-8,19H,2,9H2,1H3. The number of benzene rings is 2. The van der Waals surface area contributed by atoms with Crippen LogP contribution in [0.4, 0.5) is 4.39 Å². The van der Waals surface area contributed by atoms with E-state index in [4.69, 9.17) is 4.74 Å². The lowest BCUT2D eigenvalue weighted by molar-refractivity contribution is 0.467. The second kappa shape index (κ2) is 7.20. The Hall–Kier alpha value is -0.910. The molecule has 0 heterocycles. The zero-order valence-corrected chi connectivity index (χ0v) is 14.1. The minimum absolute atomic E-state index is 0.342. The molecule has 20 heavy (non-hydrogen) atoms. The van der Waals surface area contributed by atoms with Crippen LogP contribution in [0.15, 0.2) is 45.3 Å². The normalized spacial score (nSPS) is 10.6. The van der Waals surface area contributed by atoms with Crippen molar-refractivity contribution in [3.8, 4) is 11.5 Å². The van der Waals surface area contributed by atoms with Gasteiger partial charge in [-0.15, -0.1) is 0 Å². The molecule has 5 heteroatoms. The van der Waals surface area contributed by atoms with Gasteiger partial charge in [-0.1, -0.05) is 28.9 Å². The molecule has 2 aromatic rings. The first-order chi connectivity index (χ1) is 9.60. The van der Waals surface area contributed by atoms with Gasteiger partial charge in [-0.25, -0.2) is 4.39 Å². The van der Waals surface area contributed by atoms with Crippen LogP contribution in [0.3, 0.4) is 0 Å². The molecule has 0 atom stereocenters. The Labute approximate surface area is 134 Å². The summed E-state index contributed by atoms with van der Waals surface area (Å²) in [6.45, 7) is 3.63. The van der Waals surface area contributed by atoms with Gasteiger partial charge in [0, 0.05) is 22.6 Å². The van der Waals surface area contributed by atoms with Gasteiger partial charge < -0.3 is 10.1 Å². The van der Waals surface area contributed by atoms with E-state index in [1.54, 1.807) is 12.1 Å². The van der Waals surface area contributed by atoms with Gasteiger partial charge in [0.05, 0.1) is 4.47 Å². The molecular weight excluding hydrogens is 389 g/mol. The van der Waals surface area contributed by atoms with Gasteiger partial charge in [0.25, 0.3) is 0 Å². The molecule has 2 aromatic carbocycles. The van der Waals surface area contributed by atoms with Crippen LogP contribution in [-0.4, -0.2) is 6.54 Å². The second-order valence-corrected chi connectivity index (χ2v) is 5.98. The summed E-state index contributed by atoms with van der Waals surface area (Å²) in [6, 6.07) is 10.5. The second-order valence-electron chi connectivity index (χ2n) is 4.21. The minimum Gasteiger partial charge on any atom is -0.457 e. The number of ether oxygens (including phenoxy) is 1. The molecule has 2 rings (SSSR count). The van der Waals surface area contributed by atoms with Crippen molar-refractivity contribution in [3.05, 3.63) is 56.7 Å². The third kappa shape index (κ3) is 4.04. The summed E-state index contributed by atoms with van der Waals surface area (Å²) >= 11 is 6.55. The average Bonchev–Trinajstić information content (AvgIpc) is 2.42. The lowest BCUT2D eigenvalue weighted by Crippen LogP contribution is -2.12. The van der Waals surface area contributed by atoms with Crippen LogP contribution in [0.5, 0.6) is 11.5 Å². The Morgan fingerprint density at radius 3 is 2.65 bits per heavy atom. The topological polar surface area (TPSA) is 21.3 Å². The Bertz CT molecular complexity index is 604. The largest absolute Gasteiger partial charge is 0.457 e. The van der Waals surface area contributed by atoms with E-state index in [0.29, 0.717) is 22.5 Å². The van der Waals surface area contributed by atoms with E-state index in [0.717, 1.165) is 16.6 Å². The summed E-state index contributed by atoms with van der Waals surface area (Å²) in [4.78, 5) is 0. The Balaban J connectivity index is 2.26. The summed E-state index contributed by atoms with van der Waals surface area (Å²) in [5.74, 6) is 0.842. The molecule has 0 radical (unpaired) electrons. The van der Waals surface area contributed by atoms with E-state index in [9.17, 15) is 4.39 Å².